The molecule has 0 spiro atoms. The summed E-state index contributed by atoms with van der Waals surface area (Å²) < 4.78 is 1.38. The van der Waals surface area contributed by atoms with Crippen molar-refractivity contribution >= 4 is 8.32 Å². The van der Waals surface area contributed by atoms with Crippen LogP contribution in [0.4, 0.5) is 0 Å². The Bertz CT molecular complexity index is 212. The number of rotatable bonds is 14. The van der Waals surface area contributed by atoms with Gasteiger partial charge in [-0.05, 0) is 34.0 Å². The molecule has 0 aromatic carbocycles. The Kier molecular flexibility index (Phi) is 18.2. The summed E-state index contributed by atoms with van der Waals surface area (Å²) >= 11 is 0. The van der Waals surface area contributed by atoms with Gasteiger partial charge >= 0.3 is 0 Å². The topological polar surface area (TPSA) is 23.1 Å². The fourth-order valence-electron chi connectivity index (χ4n) is 4.31. The summed E-state index contributed by atoms with van der Waals surface area (Å²) in [5.41, 5.74) is 0. The maximum Gasteiger partial charge on any atom is 0.0783 e. The number of hydrogen-bond donors (Lipinski definition) is 0. The second-order valence-corrected chi connectivity index (χ2v) is 11.5. The number of hydrogen-bond acceptors (Lipinski definition) is 1. The summed E-state index contributed by atoms with van der Waals surface area (Å²) in [6, 6.07) is 2.98. The van der Waals surface area contributed by atoms with Gasteiger partial charge in [-0.15, -0.1) is 0 Å². The van der Waals surface area contributed by atoms with E-state index in [-0.39, 0.29) is 0 Å². The molecule has 2 nitrogen and oxygen atoms in total. The summed E-state index contributed by atoms with van der Waals surface area (Å²) in [5.74, 6) is 0. The SMILES string of the molecule is CCC[N+](CCC)(CCC)CCC.CCC[Si]([O-])(CCC)CCC. The number of nitrogens with zero attached hydrogens (tertiary/aromatic N) is 1. The molecule has 0 aromatic heterocycles. The molecule has 0 aliphatic heterocycles. The van der Waals surface area contributed by atoms with Gasteiger partial charge in [-0.2, -0.15) is 0 Å². The lowest BCUT2D eigenvalue weighted by Crippen LogP contribution is -2.50. The summed E-state index contributed by atoms with van der Waals surface area (Å²) in [4.78, 5) is 12.0. The van der Waals surface area contributed by atoms with Crippen LogP contribution in [-0.2, 0) is 0 Å². The smallest absolute Gasteiger partial charge is 0.0783 e. The van der Waals surface area contributed by atoms with E-state index < -0.39 is 8.32 Å². The van der Waals surface area contributed by atoms with Crippen LogP contribution in [0.15, 0.2) is 0 Å². The molecule has 0 bridgehead atoms. The van der Waals surface area contributed by atoms with Crippen LogP contribution in [0.5, 0.6) is 0 Å². The van der Waals surface area contributed by atoms with Crippen LogP contribution >= 0.6 is 0 Å². The molecular weight excluding hydrogens is 310 g/mol. The molecule has 0 aliphatic rings. The molecule has 0 atom stereocenters. The molecule has 0 heterocycles. The highest BCUT2D eigenvalue weighted by molar-refractivity contribution is 6.70. The van der Waals surface area contributed by atoms with E-state index in [1.165, 1.54) is 56.3 Å². The quantitative estimate of drug-likeness (QED) is 0.277. The van der Waals surface area contributed by atoms with Gasteiger partial charge in [-0.25, -0.2) is 0 Å². The van der Waals surface area contributed by atoms with E-state index in [0.717, 1.165) is 37.4 Å². The van der Waals surface area contributed by atoms with Crippen LogP contribution in [0.1, 0.15) is 93.4 Å². The average Bonchev–Trinajstić information content (AvgIpc) is 2.49. The highest BCUT2D eigenvalue weighted by Crippen LogP contribution is 2.19. The van der Waals surface area contributed by atoms with Crippen LogP contribution in [0, 0.1) is 0 Å². The van der Waals surface area contributed by atoms with E-state index in [9.17, 15) is 4.80 Å². The van der Waals surface area contributed by atoms with Gasteiger partial charge in [0.15, 0.2) is 0 Å². The van der Waals surface area contributed by atoms with Crippen LogP contribution in [0.2, 0.25) is 18.1 Å². The first-order valence-corrected chi connectivity index (χ1v) is 13.5. The van der Waals surface area contributed by atoms with E-state index in [1.807, 2.05) is 0 Å². The van der Waals surface area contributed by atoms with Gasteiger partial charge in [-0.1, -0.05) is 85.9 Å². The molecular formula is C21H49NOSi. The van der Waals surface area contributed by atoms with Gasteiger partial charge in [-0.3, -0.25) is 0 Å². The average molecular weight is 360 g/mol. The van der Waals surface area contributed by atoms with Crippen molar-refractivity contribution in [2.45, 2.75) is 112 Å². The predicted octanol–water partition coefficient (Wildman–Crippen LogP) is 5.97. The molecule has 0 fully saturated rings. The van der Waals surface area contributed by atoms with Crippen molar-refractivity contribution < 1.29 is 9.28 Å². The largest absolute Gasteiger partial charge is 0.858 e. The van der Waals surface area contributed by atoms with Gasteiger partial charge in [0.2, 0.25) is 0 Å². The Morgan fingerprint density at radius 1 is 0.500 bits per heavy atom. The zero-order chi connectivity index (χ0) is 18.9. The summed E-state index contributed by atoms with van der Waals surface area (Å²) in [6.45, 7) is 21.2. The summed E-state index contributed by atoms with van der Waals surface area (Å²) in [6.07, 6.45) is 8.61. The first-order valence-electron chi connectivity index (χ1n) is 11.0. The third-order valence-corrected chi connectivity index (χ3v) is 9.14. The Labute approximate surface area is 155 Å². The molecule has 0 saturated heterocycles. The highest BCUT2D eigenvalue weighted by atomic mass is 28.4. The first-order chi connectivity index (χ1) is 11.4. The van der Waals surface area contributed by atoms with Gasteiger partial charge < -0.3 is 9.28 Å². The number of quaternary nitrogens is 1. The molecule has 0 aromatic rings. The first kappa shape index (κ1) is 26.4. The van der Waals surface area contributed by atoms with E-state index in [1.54, 1.807) is 0 Å². The second-order valence-electron chi connectivity index (χ2n) is 7.67. The van der Waals surface area contributed by atoms with Crippen LogP contribution in [0.25, 0.3) is 0 Å². The minimum absolute atomic E-state index is 0.995. The minimum Gasteiger partial charge on any atom is -0.858 e. The molecule has 3 heteroatoms. The van der Waals surface area contributed by atoms with Crippen molar-refractivity contribution in [2.75, 3.05) is 26.2 Å². The summed E-state index contributed by atoms with van der Waals surface area (Å²) in [7, 11) is -2.00. The predicted molar refractivity (Wildman–Crippen MR) is 112 cm³/mol. The molecule has 0 saturated carbocycles. The van der Waals surface area contributed by atoms with Crippen LogP contribution in [-0.4, -0.2) is 39.0 Å². The molecule has 24 heavy (non-hydrogen) atoms. The standard InChI is InChI=1S/C12H28N.C9H21OSi/c1-5-9-13(10-6-2,11-7-3)12-8-4;1-4-7-11(10,8-5-2)9-6-3/h5-12H2,1-4H3;4-9H2,1-3H3/q+1;-1. The molecule has 0 N–H and O–H groups in total. The fourth-order valence-corrected chi connectivity index (χ4v) is 7.79. The molecule has 0 amide bonds. The normalized spacial score (nSPS) is 12.0. The van der Waals surface area contributed by atoms with E-state index in [0.29, 0.717) is 0 Å². The van der Waals surface area contributed by atoms with Gasteiger partial charge in [0.05, 0.1) is 26.2 Å². The van der Waals surface area contributed by atoms with Crippen molar-refractivity contribution in [3.8, 4) is 0 Å². The second kappa shape index (κ2) is 16.6. The Morgan fingerprint density at radius 2 is 0.750 bits per heavy atom. The molecule has 148 valence electrons. The monoisotopic (exact) mass is 359 g/mol. The van der Waals surface area contributed by atoms with E-state index >= 15 is 0 Å². The molecule has 0 radical (unpaired) electrons. The van der Waals surface area contributed by atoms with Crippen molar-refractivity contribution in [1.29, 1.82) is 0 Å². The van der Waals surface area contributed by atoms with E-state index in [4.69, 9.17) is 0 Å². The van der Waals surface area contributed by atoms with Gasteiger partial charge in [0.25, 0.3) is 0 Å². The highest BCUT2D eigenvalue weighted by Gasteiger charge is 2.22. The third-order valence-electron chi connectivity index (χ3n) is 4.91. The van der Waals surface area contributed by atoms with Crippen molar-refractivity contribution in [1.82, 2.24) is 0 Å². The van der Waals surface area contributed by atoms with Gasteiger partial charge in [0, 0.05) is 0 Å². The minimum atomic E-state index is -2.00. The maximum absolute atomic E-state index is 12.0. The third kappa shape index (κ3) is 12.5. The lowest BCUT2D eigenvalue weighted by atomic mass is 10.2. The Morgan fingerprint density at radius 3 is 0.917 bits per heavy atom. The molecule has 0 rings (SSSR count). The molecule has 0 unspecified atom stereocenters. The van der Waals surface area contributed by atoms with Crippen molar-refractivity contribution in [2.24, 2.45) is 0 Å². The lowest BCUT2D eigenvalue weighted by molar-refractivity contribution is -0.928. The van der Waals surface area contributed by atoms with Crippen molar-refractivity contribution in [3.05, 3.63) is 0 Å². The van der Waals surface area contributed by atoms with Crippen LogP contribution in [0.3, 0.4) is 0 Å². The van der Waals surface area contributed by atoms with E-state index in [2.05, 4.69) is 48.5 Å². The zero-order valence-electron chi connectivity index (χ0n) is 18.3. The summed E-state index contributed by atoms with van der Waals surface area (Å²) in [5, 5.41) is 0. The maximum atomic E-state index is 12.0. The Hall–Kier alpha value is 0.137. The van der Waals surface area contributed by atoms with Gasteiger partial charge in [0.1, 0.15) is 0 Å². The molecule has 0 aliphatic carbocycles. The zero-order valence-corrected chi connectivity index (χ0v) is 19.3. The van der Waals surface area contributed by atoms with Crippen LogP contribution < -0.4 is 4.80 Å². The lowest BCUT2D eigenvalue weighted by Gasteiger charge is -2.38. The fraction of sp³-hybridized carbons (Fsp3) is 1.00. The van der Waals surface area contributed by atoms with Crippen molar-refractivity contribution in [3.63, 3.8) is 0 Å². The Balaban J connectivity index is 0.